The van der Waals surface area contributed by atoms with Gasteiger partial charge in [0.2, 0.25) is 5.91 Å². The lowest BCUT2D eigenvalue weighted by Crippen LogP contribution is -2.47. The highest BCUT2D eigenvalue weighted by atomic mass is 31.2. The van der Waals surface area contributed by atoms with E-state index in [1.54, 1.807) is 0 Å². The van der Waals surface area contributed by atoms with Crippen molar-refractivity contribution in [1.29, 1.82) is 0 Å². The SMILES string of the molecule is CCCCC/C=C\C/C=C\CCCCCCCCCCCCCC(=O)NC(COP(=O)(O)OCC[N+](C)(C)C)C(/C=C/CCCCCCCCCCCCC)OC(=O)CCCCCCCCCCCCCCC/C=C/CCCCCCCC. The zero-order chi connectivity index (χ0) is 60.7. The fraction of sp³-hybridized carbons (Fsp3) is 0.863. The van der Waals surface area contributed by atoms with Crippen molar-refractivity contribution >= 4 is 19.7 Å². The van der Waals surface area contributed by atoms with Crippen LogP contribution in [0.2, 0.25) is 0 Å². The quantitative estimate of drug-likeness (QED) is 0.0205. The second kappa shape index (κ2) is 63.0. The summed E-state index contributed by atoms with van der Waals surface area (Å²) in [4.78, 5) is 37.9. The molecular formula is C73H140N2O7P+. The molecule has 1 amide bonds. The van der Waals surface area contributed by atoms with Gasteiger partial charge in [-0.2, -0.15) is 0 Å². The number of carbonyl (C=O) groups excluding carboxylic acids is 2. The van der Waals surface area contributed by atoms with E-state index in [2.05, 4.69) is 62.5 Å². The second-order valence-electron chi connectivity index (χ2n) is 25.8. The standard InChI is InChI=1S/C73H139N2O7P/c1-7-10-13-16-19-22-25-28-30-32-34-36-37-39-41-43-45-48-51-54-57-60-63-66-73(77)82-71(64-61-58-55-52-49-46-27-24-21-18-15-12-9-3)70(69-81-83(78,79)80-68-67-75(4,5)6)74-72(76)65-62-59-56-53-50-47-44-42-40-38-35-33-31-29-26-23-20-17-14-11-8-2/h20,23,28-31,61,64,70-71H,7-19,21-22,24-27,32-60,62-63,65-69H2,1-6H3,(H-,74,76,78,79)/p+1/b23-20-,30-28+,31-29-,64-61+. The number of nitrogens with one attached hydrogen (secondary N) is 1. The molecule has 0 aromatic carbocycles. The first kappa shape index (κ1) is 81.0. The van der Waals surface area contributed by atoms with Gasteiger partial charge in [0.1, 0.15) is 19.3 Å². The highest BCUT2D eigenvalue weighted by Crippen LogP contribution is 2.43. The lowest BCUT2D eigenvalue weighted by atomic mass is 10.0. The van der Waals surface area contributed by atoms with Gasteiger partial charge in [0.05, 0.1) is 33.8 Å². The van der Waals surface area contributed by atoms with Crippen molar-refractivity contribution in [3.63, 3.8) is 0 Å². The fourth-order valence-electron chi connectivity index (χ4n) is 10.7. The van der Waals surface area contributed by atoms with Crippen LogP contribution in [0.15, 0.2) is 48.6 Å². The lowest BCUT2D eigenvalue weighted by molar-refractivity contribution is -0.870. The molecule has 0 fully saturated rings. The molecule has 0 rings (SSSR count). The summed E-state index contributed by atoms with van der Waals surface area (Å²) in [5.74, 6) is -0.491. The average molecular weight is 1190 g/mol. The highest BCUT2D eigenvalue weighted by Gasteiger charge is 2.30. The highest BCUT2D eigenvalue weighted by molar-refractivity contribution is 7.47. The molecule has 0 aliphatic carbocycles. The van der Waals surface area contributed by atoms with Crippen LogP contribution < -0.4 is 5.32 Å². The van der Waals surface area contributed by atoms with Gasteiger partial charge in [-0.15, -0.1) is 0 Å². The van der Waals surface area contributed by atoms with Crippen LogP contribution in [-0.4, -0.2) is 74.3 Å². The Kier molecular flexibility index (Phi) is 61.5. The largest absolute Gasteiger partial charge is 0.472 e. The Morgan fingerprint density at radius 1 is 0.422 bits per heavy atom. The van der Waals surface area contributed by atoms with Crippen molar-refractivity contribution in [2.24, 2.45) is 0 Å². The fourth-order valence-corrected chi connectivity index (χ4v) is 11.4. The Morgan fingerprint density at radius 2 is 0.735 bits per heavy atom. The zero-order valence-corrected chi connectivity index (χ0v) is 56.8. The molecule has 0 bridgehead atoms. The normalized spacial score (nSPS) is 13.8. The maximum atomic E-state index is 13.6. The van der Waals surface area contributed by atoms with E-state index in [9.17, 15) is 19.0 Å². The Balaban J connectivity index is 5.09. The van der Waals surface area contributed by atoms with Crippen LogP contribution in [0.25, 0.3) is 0 Å². The molecule has 0 saturated heterocycles. The van der Waals surface area contributed by atoms with E-state index in [4.69, 9.17) is 13.8 Å². The van der Waals surface area contributed by atoms with E-state index in [1.165, 1.54) is 257 Å². The number of phosphoric acid groups is 1. The van der Waals surface area contributed by atoms with Crippen molar-refractivity contribution in [2.45, 2.75) is 367 Å². The number of phosphoric ester groups is 1. The van der Waals surface area contributed by atoms with Crippen LogP contribution in [0.4, 0.5) is 0 Å². The smallest absolute Gasteiger partial charge is 0.456 e. The summed E-state index contributed by atoms with van der Waals surface area (Å²) in [7, 11) is 1.51. The van der Waals surface area contributed by atoms with Crippen molar-refractivity contribution in [3.8, 4) is 0 Å². The molecule has 0 saturated carbocycles. The molecule has 0 aromatic rings. The molecule has 0 heterocycles. The number of hydrogen-bond acceptors (Lipinski definition) is 6. The maximum Gasteiger partial charge on any atom is 0.472 e. The summed E-state index contributed by atoms with van der Waals surface area (Å²) in [5.41, 5.74) is 0. The predicted octanol–water partition coefficient (Wildman–Crippen LogP) is 22.8. The van der Waals surface area contributed by atoms with Gasteiger partial charge in [-0.25, -0.2) is 4.57 Å². The number of esters is 1. The van der Waals surface area contributed by atoms with E-state index >= 15 is 0 Å². The summed E-state index contributed by atoms with van der Waals surface area (Å²) in [6, 6.07) is -0.849. The van der Waals surface area contributed by atoms with E-state index in [-0.39, 0.29) is 25.1 Å². The van der Waals surface area contributed by atoms with E-state index in [0.29, 0.717) is 23.9 Å². The Hall–Kier alpha value is -2.03. The first-order valence-corrected chi connectivity index (χ1v) is 37.5. The van der Waals surface area contributed by atoms with Crippen molar-refractivity contribution in [3.05, 3.63) is 48.6 Å². The summed E-state index contributed by atoms with van der Waals surface area (Å²) in [5, 5.41) is 3.08. The van der Waals surface area contributed by atoms with Gasteiger partial charge in [0.15, 0.2) is 0 Å². The molecule has 0 spiro atoms. The van der Waals surface area contributed by atoms with Crippen molar-refractivity contribution in [1.82, 2.24) is 5.32 Å². The van der Waals surface area contributed by atoms with Crippen molar-refractivity contribution < 1.29 is 37.3 Å². The van der Waals surface area contributed by atoms with Gasteiger partial charge >= 0.3 is 13.8 Å². The molecule has 10 heteroatoms. The van der Waals surface area contributed by atoms with Crippen LogP contribution in [-0.2, 0) is 27.9 Å². The molecular weight excluding hydrogens is 1050 g/mol. The van der Waals surface area contributed by atoms with E-state index < -0.39 is 20.0 Å². The third kappa shape index (κ3) is 64.3. The zero-order valence-electron chi connectivity index (χ0n) is 56.0. The third-order valence-electron chi connectivity index (χ3n) is 16.2. The molecule has 83 heavy (non-hydrogen) atoms. The molecule has 0 aromatic heterocycles. The Labute approximate surface area is 516 Å². The van der Waals surface area contributed by atoms with Crippen LogP contribution >= 0.6 is 7.82 Å². The van der Waals surface area contributed by atoms with Crippen molar-refractivity contribution in [2.75, 3.05) is 40.9 Å². The van der Waals surface area contributed by atoms with Gasteiger partial charge in [-0.05, 0) is 89.5 Å². The second-order valence-corrected chi connectivity index (χ2v) is 27.2. The number of amides is 1. The molecule has 0 aliphatic heterocycles. The minimum Gasteiger partial charge on any atom is -0.456 e. The van der Waals surface area contributed by atoms with Crippen LogP contribution in [0.1, 0.15) is 355 Å². The number of ether oxygens (including phenoxy) is 1. The third-order valence-corrected chi connectivity index (χ3v) is 17.2. The van der Waals surface area contributed by atoms with Gasteiger partial charge < -0.3 is 19.4 Å². The molecule has 488 valence electrons. The van der Waals surface area contributed by atoms with Gasteiger partial charge in [-0.3, -0.25) is 18.6 Å². The minimum atomic E-state index is -4.45. The van der Waals surface area contributed by atoms with E-state index in [1.807, 2.05) is 33.3 Å². The number of allylic oxidation sites excluding steroid dienone is 7. The average Bonchev–Trinajstić information content (AvgIpc) is 3.46. The van der Waals surface area contributed by atoms with Crippen LogP contribution in [0, 0.1) is 0 Å². The van der Waals surface area contributed by atoms with Gasteiger partial charge in [0.25, 0.3) is 0 Å². The Bertz CT molecular complexity index is 1560. The monoisotopic (exact) mass is 1190 g/mol. The molecule has 3 atom stereocenters. The number of hydrogen-bond donors (Lipinski definition) is 2. The van der Waals surface area contributed by atoms with E-state index in [0.717, 1.165) is 64.2 Å². The first-order valence-electron chi connectivity index (χ1n) is 36.0. The number of carbonyl (C=O) groups is 2. The van der Waals surface area contributed by atoms with Gasteiger partial charge in [0, 0.05) is 12.8 Å². The molecule has 2 N–H and O–H groups in total. The minimum absolute atomic E-state index is 0.0412. The summed E-state index contributed by atoms with van der Waals surface area (Å²) in [6.07, 6.45) is 79.7. The number of likely N-dealkylation sites (N-methyl/N-ethyl adjacent to an activating group) is 1. The summed E-state index contributed by atoms with van der Waals surface area (Å²) >= 11 is 0. The number of unbranched alkanes of at least 4 members (excludes halogenated alkanes) is 44. The number of quaternary nitrogens is 1. The topological polar surface area (TPSA) is 111 Å². The van der Waals surface area contributed by atoms with Gasteiger partial charge in [-0.1, -0.05) is 301 Å². The van der Waals surface area contributed by atoms with Crippen LogP contribution in [0.5, 0.6) is 0 Å². The maximum absolute atomic E-state index is 13.6. The Morgan fingerprint density at radius 3 is 1.12 bits per heavy atom. The molecule has 0 radical (unpaired) electrons. The predicted molar refractivity (Wildman–Crippen MR) is 360 cm³/mol. The number of nitrogens with zero attached hydrogens (tertiary/aromatic N) is 1. The molecule has 0 aliphatic rings. The first-order chi connectivity index (χ1) is 40.4. The molecule has 3 unspecified atom stereocenters. The molecule has 9 nitrogen and oxygen atoms in total. The number of rotatable bonds is 66. The summed E-state index contributed by atoms with van der Waals surface area (Å²) < 4.78 is 30.9. The summed E-state index contributed by atoms with van der Waals surface area (Å²) in [6.45, 7) is 7.04. The lowest BCUT2D eigenvalue weighted by Gasteiger charge is -2.27. The van der Waals surface area contributed by atoms with Crippen LogP contribution in [0.3, 0.4) is 0 Å².